The molecule has 0 atom stereocenters. The third kappa shape index (κ3) is 6.40. The highest BCUT2D eigenvalue weighted by molar-refractivity contribution is 5.96. The van der Waals surface area contributed by atoms with Gasteiger partial charge in [0.2, 0.25) is 0 Å². The predicted molar refractivity (Wildman–Crippen MR) is 169 cm³/mol. The third-order valence-corrected chi connectivity index (χ3v) is 7.75. The van der Waals surface area contributed by atoms with Crippen LogP contribution in [0.5, 0.6) is 23.0 Å². The molecule has 12 nitrogen and oxygen atoms in total. The fourth-order valence-corrected chi connectivity index (χ4v) is 5.44. The number of carboxylic acids is 2. The van der Waals surface area contributed by atoms with Crippen LogP contribution >= 0.6 is 0 Å². The second-order valence-corrected chi connectivity index (χ2v) is 10.3. The van der Waals surface area contributed by atoms with E-state index >= 15 is 0 Å². The van der Waals surface area contributed by atoms with E-state index in [1.54, 1.807) is 36.7 Å². The Balaban J connectivity index is 1.29. The summed E-state index contributed by atoms with van der Waals surface area (Å²) in [6.07, 6.45) is 4.43. The number of ether oxygens (including phenoxy) is 4. The Kier molecular flexibility index (Phi) is 9.22. The molecule has 0 unspecified atom stereocenters. The van der Waals surface area contributed by atoms with Crippen LogP contribution in [0.25, 0.3) is 22.3 Å². The summed E-state index contributed by atoms with van der Waals surface area (Å²) in [4.78, 5) is 37.3. The first-order valence-corrected chi connectivity index (χ1v) is 14.2. The Morgan fingerprint density at radius 1 is 0.578 bits per heavy atom. The van der Waals surface area contributed by atoms with E-state index < -0.39 is 11.9 Å². The van der Waals surface area contributed by atoms with Crippen molar-refractivity contribution in [1.29, 1.82) is 0 Å². The Morgan fingerprint density at radius 3 is 1.20 bits per heavy atom. The first-order valence-electron chi connectivity index (χ1n) is 14.2. The molecule has 1 aliphatic heterocycles. The summed E-state index contributed by atoms with van der Waals surface area (Å²) in [6, 6.07) is 14.5. The van der Waals surface area contributed by atoms with Gasteiger partial charge in [-0.2, -0.15) is 0 Å². The van der Waals surface area contributed by atoms with E-state index in [0.29, 0.717) is 0 Å². The van der Waals surface area contributed by atoms with Gasteiger partial charge in [0.25, 0.3) is 0 Å². The van der Waals surface area contributed by atoms with Gasteiger partial charge in [0.1, 0.15) is 45.8 Å². The summed E-state index contributed by atoms with van der Waals surface area (Å²) in [5.74, 6) is 0.292. The molecule has 0 amide bonds. The second-order valence-electron chi connectivity index (χ2n) is 10.3. The molecule has 2 N–H and O–H groups in total. The molecule has 1 fully saturated rings. The van der Waals surface area contributed by atoms with Gasteiger partial charge in [-0.3, -0.25) is 0 Å². The van der Waals surface area contributed by atoms with Crippen LogP contribution in [0.15, 0.2) is 60.9 Å². The predicted octanol–water partition coefficient (Wildman–Crippen LogP) is 4.96. The van der Waals surface area contributed by atoms with Crippen LogP contribution in [0, 0.1) is 0 Å². The van der Waals surface area contributed by atoms with Gasteiger partial charge in [-0.1, -0.05) is 0 Å². The molecule has 45 heavy (non-hydrogen) atoms. The van der Waals surface area contributed by atoms with Crippen molar-refractivity contribution in [1.82, 2.24) is 9.97 Å². The summed E-state index contributed by atoms with van der Waals surface area (Å²) >= 11 is 0. The number of benzene rings is 2. The van der Waals surface area contributed by atoms with Gasteiger partial charge < -0.3 is 39.0 Å². The first-order chi connectivity index (χ1) is 21.8. The molecule has 0 bridgehead atoms. The minimum absolute atomic E-state index is 0.0264. The van der Waals surface area contributed by atoms with E-state index in [0.717, 1.165) is 66.5 Å². The van der Waals surface area contributed by atoms with Crippen LogP contribution in [-0.2, 0) is 0 Å². The van der Waals surface area contributed by atoms with Crippen molar-refractivity contribution in [2.24, 2.45) is 0 Å². The molecule has 0 saturated carbocycles. The van der Waals surface area contributed by atoms with Gasteiger partial charge in [-0.05, 0) is 66.1 Å². The molecule has 4 aromatic rings. The molecule has 234 valence electrons. The maximum absolute atomic E-state index is 11.7. The number of carboxylic acid groups (broad SMARTS) is 2. The molecule has 5 rings (SSSR count). The van der Waals surface area contributed by atoms with Crippen molar-refractivity contribution in [3.63, 3.8) is 0 Å². The SMILES string of the molecule is COc1cc(-c2ccc(N3CCCN(c4ccc(-c5cc(OC)c(C(=O)O)c(OC)c5)cn4)CC3)nc2)cc(OC)c1C(=O)O. The molecule has 1 aliphatic rings. The lowest BCUT2D eigenvalue weighted by molar-refractivity contribution is 0.0678. The van der Waals surface area contributed by atoms with E-state index in [1.165, 1.54) is 28.4 Å². The Morgan fingerprint density at radius 2 is 0.933 bits per heavy atom. The maximum Gasteiger partial charge on any atom is 0.343 e. The molecule has 0 aliphatic carbocycles. The zero-order valence-electron chi connectivity index (χ0n) is 25.4. The van der Waals surface area contributed by atoms with Crippen molar-refractivity contribution in [2.45, 2.75) is 6.42 Å². The van der Waals surface area contributed by atoms with Crippen LogP contribution in [0.2, 0.25) is 0 Å². The van der Waals surface area contributed by atoms with Crippen LogP contribution in [0.3, 0.4) is 0 Å². The van der Waals surface area contributed by atoms with E-state index in [9.17, 15) is 19.8 Å². The summed E-state index contributed by atoms with van der Waals surface area (Å²) in [6.45, 7) is 3.14. The number of carbonyl (C=O) groups is 2. The number of aromatic carboxylic acids is 2. The molecule has 2 aromatic carbocycles. The molecule has 3 heterocycles. The largest absolute Gasteiger partial charge is 0.496 e. The fourth-order valence-electron chi connectivity index (χ4n) is 5.44. The number of hydrogen-bond acceptors (Lipinski definition) is 10. The quantitative estimate of drug-likeness (QED) is 0.249. The number of hydrogen-bond donors (Lipinski definition) is 2. The normalized spacial score (nSPS) is 13.2. The van der Waals surface area contributed by atoms with Crippen molar-refractivity contribution < 1.29 is 38.7 Å². The summed E-state index contributed by atoms with van der Waals surface area (Å²) < 4.78 is 21.3. The summed E-state index contributed by atoms with van der Waals surface area (Å²) in [5, 5.41) is 19.1. The highest BCUT2D eigenvalue weighted by atomic mass is 16.5. The van der Waals surface area contributed by atoms with E-state index in [1.807, 2.05) is 24.3 Å². The number of rotatable bonds is 10. The second kappa shape index (κ2) is 13.4. The molecular formula is C33H34N4O8. The monoisotopic (exact) mass is 614 g/mol. The standard InChI is InChI=1S/C33H34N4O8/c1-42-24-14-22(15-25(43-2)30(24)32(38)39)20-6-8-28(34-18-20)36-10-5-11-37(13-12-36)29-9-7-21(19-35-29)23-16-26(44-3)31(33(40)41)27(17-23)45-4/h6-9,14-19H,5,10-13H2,1-4H3,(H,38,39)(H,40,41). The van der Waals surface area contributed by atoms with Crippen molar-refractivity contribution in [2.75, 3.05) is 64.4 Å². The van der Waals surface area contributed by atoms with Crippen molar-refractivity contribution in [3.05, 3.63) is 72.1 Å². The van der Waals surface area contributed by atoms with Crippen LogP contribution in [-0.4, -0.2) is 86.7 Å². The highest BCUT2D eigenvalue weighted by Crippen LogP contribution is 2.37. The van der Waals surface area contributed by atoms with Crippen LogP contribution < -0.4 is 28.7 Å². The molecule has 12 heteroatoms. The molecule has 2 aromatic heterocycles. The van der Waals surface area contributed by atoms with Gasteiger partial charge in [-0.15, -0.1) is 0 Å². The average Bonchev–Trinajstić information content (AvgIpc) is 3.33. The smallest absolute Gasteiger partial charge is 0.343 e. The first kappa shape index (κ1) is 30.9. The van der Waals surface area contributed by atoms with E-state index in [4.69, 9.17) is 28.9 Å². The molecule has 0 radical (unpaired) electrons. The van der Waals surface area contributed by atoms with Crippen LogP contribution in [0.1, 0.15) is 27.1 Å². The van der Waals surface area contributed by atoms with Gasteiger partial charge in [0.05, 0.1) is 28.4 Å². The number of pyridine rings is 2. The highest BCUT2D eigenvalue weighted by Gasteiger charge is 2.22. The number of aromatic nitrogens is 2. The molecule has 0 spiro atoms. The summed E-state index contributed by atoms with van der Waals surface area (Å²) in [5.41, 5.74) is 3.03. The fraction of sp³-hybridized carbons (Fsp3) is 0.273. The zero-order chi connectivity index (χ0) is 32.1. The van der Waals surface area contributed by atoms with Crippen molar-refractivity contribution >= 4 is 23.6 Å². The Bertz CT molecular complexity index is 1520. The van der Waals surface area contributed by atoms with Crippen molar-refractivity contribution in [3.8, 4) is 45.3 Å². The number of nitrogens with zero attached hydrogens (tertiary/aromatic N) is 4. The van der Waals surface area contributed by atoms with E-state index in [2.05, 4.69) is 9.80 Å². The van der Waals surface area contributed by atoms with Gasteiger partial charge in [0, 0.05) is 49.7 Å². The lowest BCUT2D eigenvalue weighted by Crippen LogP contribution is -2.31. The molecule has 1 saturated heterocycles. The lowest BCUT2D eigenvalue weighted by Gasteiger charge is -2.24. The number of anilines is 2. The lowest BCUT2D eigenvalue weighted by atomic mass is 10.0. The molecular weight excluding hydrogens is 580 g/mol. The van der Waals surface area contributed by atoms with Crippen LogP contribution in [0.4, 0.5) is 11.6 Å². The zero-order valence-corrected chi connectivity index (χ0v) is 25.4. The Labute approximate surface area is 260 Å². The minimum Gasteiger partial charge on any atom is -0.496 e. The maximum atomic E-state index is 11.7. The minimum atomic E-state index is -1.13. The summed E-state index contributed by atoms with van der Waals surface area (Å²) in [7, 11) is 5.70. The van der Waals surface area contributed by atoms with Gasteiger partial charge in [-0.25, -0.2) is 19.6 Å². The van der Waals surface area contributed by atoms with Gasteiger partial charge in [0.15, 0.2) is 0 Å². The van der Waals surface area contributed by atoms with Gasteiger partial charge >= 0.3 is 11.9 Å². The Hall–Kier alpha value is -5.52. The topological polar surface area (TPSA) is 144 Å². The average molecular weight is 615 g/mol. The third-order valence-electron chi connectivity index (χ3n) is 7.75. The van der Waals surface area contributed by atoms with E-state index in [-0.39, 0.29) is 34.1 Å². The number of methoxy groups -OCH3 is 4.